The molecule has 0 unspecified atom stereocenters. The number of pyridine rings is 1. The number of rotatable bonds is 5. The molecule has 0 bridgehead atoms. The normalized spacial score (nSPS) is 27.6. The number of nitrogens with zero attached hydrogens (tertiary/aromatic N) is 2. The predicted molar refractivity (Wildman–Crippen MR) is 101 cm³/mol. The monoisotopic (exact) mass is 439 g/mol. The van der Waals surface area contributed by atoms with Crippen LogP contribution in [0.3, 0.4) is 0 Å². The maximum Gasteiger partial charge on any atom is 0.195 e. The van der Waals surface area contributed by atoms with Crippen LogP contribution < -0.4 is 5.73 Å². The Labute approximate surface area is 174 Å². The molecular weight excluding hydrogens is 421 g/mol. The Morgan fingerprint density at radius 3 is 2.71 bits per heavy atom. The van der Waals surface area contributed by atoms with Crippen molar-refractivity contribution < 1.29 is 31.5 Å². The highest BCUT2D eigenvalue weighted by Gasteiger charge is 2.56. The first-order valence-corrected chi connectivity index (χ1v) is 9.50. The van der Waals surface area contributed by atoms with Gasteiger partial charge in [-0.3, -0.25) is 14.8 Å². The number of alkyl halides is 2. The number of fused-ring (bicyclic) bond motifs is 1. The van der Waals surface area contributed by atoms with Crippen molar-refractivity contribution in [3.8, 4) is 0 Å². The van der Waals surface area contributed by atoms with E-state index in [2.05, 4.69) is 9.98 Å². The highest BCUT2D eigenvalue weighted by atomic mass is 19.2. The largest absolute Gasteiger partial charge is 0.385 e. The first-order valence-electron chi connectivity index (χ1n) is 9.50. The Hall–Kier alpha value is -2.88. The lowest BCUT2D eigenvalue weighted by atomic mass is 9.72. The first kappa shape index (κ1) is 21.4. The number of hydrogen-bond acceptors (Lipinski definition) is 5. The minimum absolute atomic E-state index is 0.0355. The number of carbonyl (C=O) groups is 1. The highest BCUT2D eigenvalue weighted by Crippen LogP contribution is 2.48. The Morgan fingerprint density at radius 1 is 1.26 bits per heavy atom. The summed E-state index contributed by atoms with van der Waals surface area (Å²) in [6.07, 6.45) is 0.126. The number of amidine groups is 1. The van der Waals surface area contributed by atoms with Crippen LogP contribution in [0.2, 0.25) is 0 Å². The number of nitrogens with two attached hydrogens (primary N) is 1. The van der Waals surface area contributed by atoms with Crippen molar-refractivity contribution in [2.24, 2.45) is 16.6 Å². The number of carbonyl (C=O) groups excluding carboxylic acids is 1. The van der Waals surface area contributed by atoms with Crippen molar-refractivity contribution in [3.05, 3.63) is 64.7 Å². The summed E-state index contributed by atoms with van der Waals surface area (Å²) in [7, 11) is 0. The van der Waals surface area contributed by atoms with Crippen LogP contribution in [0.5, 0.6) is 0 Å². The van der Waals surface area contributed by atoms with E-state index in [4.69, 9.17) is 10.5 Å². The quantitative estimate of drug-likeness (QED) is 0.574. The molecule has 164 valence electrons. The van der Waals surface area contributed by atoms with Gasteiger partial charge < -0.3 is 10.5 Å². The number of benzene rings is 1. The maximum atomic E-state index is 14.9. The third-order valence-electron chi connectivity index (χ3n) is 5.81. The molecule has 1 aromatic carbocycles. The van der Waals surface area contributed by atoms with Crippen LogP contribution in [0.25, 0.3) is 0 Å². The molecule has 10 heteroatoms. The first-order chi connectivity index (χ1) is 14.7. The highest BCUT2D eigenvalue weighted by molar-refractivity contribution is 5.95. The van der Waals surface area contributed by atoms with Crippen molar-refractivity contribution in [1.29, 1.82) is 0 Å². The van der Waals surface area contributed by atoms with Crippen LogP contribution in [0.15, 0.2) is 35.5 Å². The van der Waals surface area contributed by atoms with Gasteiger partial charge in [0, 0.05) is 17.9 Å². The third-order valence-corrected chi connectivity index (χ3v) is 5.81. The molecule has 0 amide bonds. The average molecular weight is 439 g/mol. The lowest BCUT2D eigenvalue weighted by molar-refractivity contribution is 0.0988. The van der Waals surface area contributed by atoms with Crippen molar-refractivity contribution in [2.45, 2.75) is 24.0 Å². The molecule has 3 atom stereocenters. The summed E-state index contributed by atoms with van der Waals surface area (Å²) >= 11 is 0. The van der Waals surface area contributed by atoms with Crippen molar-refractivity contribution >= 4 is 11.6 Å². The van der Waals surface area contributed by atoms with E-state index in [0.29, 0.717) is 0 Å². The van der Waals surface area contributed by atoms with E-state index < -0.39 is 59.3 Å². The molecule has 0 aliphatic carbocycles. The standard InChI is InChI=1S/C21H18F5N3O2/c22-9-20(26)6-12-8-31-10-21(12,29-19(20)27)14-3-11(4-15(24)18(14)25)5-17(30)16-2-1-13(23)7-28-16/h1-4,7,12H,5-6,8-10H2,(H2,27,29)/t12-,20-,21+/m1/s1. The summed E-state index contributed by atoms with van der Waals surface area (Å²) in [6, 6.07) is 4.35. The van der Waals surface area contributed by atoms with Gasteiger partial charge in [-0.2, -0.15) is 0 Å². The molecule has 31 heavy (non-hydrogen) atoms. The second-order valence-electron chi connectivity index (χ2n) is 7.84. The molecule has 2 N–H and O–H groups in total. The van der Waals surface area contributed by atoms with Crippen molar-refractivity contribution in [2.75, 3.05) is 19.9 Å². The summed E-state index contributed by atoms with van der Waals surface area (Å²) < 4.78 is 75.7. The number of aromatic nitrogens is 1. The summed E-state index contributed by atoms with van der Waals surface area (Å²) in [4.78, 5) is 20.2. The number of hydrogen-bond donors (Lipinski definition) is 1. The zero-order valence-corrected chi connectivity index (χ0v) is 16.2. The molecule has 3 heterocycles. The fraction of sp³-hybridized carbons (Fsp3) is 0.381. The van der Waals surface area contributed by atoms with Gasteiger partial charge in [-0.25, -0.2) is 22.0 Å². The van der Waals surface area contributed by atoms with Gasteiger partial charge in [-0.15, -0.1) is 0 Å². The molecule has 2 aromatic rings. The second-order valence-corrected chi connectivity index (χ2v) is 7.84. The van der Waals surface area contributed by atoms with E-state index in [0.717, 1.165) is 18.3 Å². The molecule has 2 aliphatic heterocycles. The smallest absolute Gasteiger partial charge is 0.195 e. The SMILES string of the molecule is NC1=N[C@@]2(c3cc(CC(=O)c4ccc(F)cn4)cc(F)c3F)COC[C@H]2C[C@@]1(F)CF. The summed E-state index contributed by atoms with van der Waals surface area (Å²) in [6.45, 7) is -1.63. The van der Waals surface area contributed by atoms with Crippen LogP contribution >= 0.6 is 0 Å². The van der Waals surface area contributed by atoms with E-state index in [1.165, 1.54) is 12.1 Å². The minimum atomic E-state index is -2.50. The zero-order valence-electron chi connectivity index (χ0n) is 16.2. The fourth-order valence-corrected chi connectivity index (χ4v) is 4.13. The summed E-state index contributed by atoms with van der Waals surface area (Å²) in [5.41, 5.74) is 1.46. The minimum Gasteiger partial charge on any atom is -0.385 e. The van der Waals surface area contributed by atoms with E-state index in [9.17, 15) is 26.7 Å². The van der Waals surface area contributed by atoms with Gasteiger partial charge >= 0.3 is 0 Å². The predicted octanol–water partition coefficient (Wildman–Crippen LogP) is 3.20. The van der Waals surface area contributed by atoms with Crippen LogP contribution in [0.1, 0.15) is 28.0 Å². The van der Waals surface area contributed by atoms with Gasteiger partial charge in [-0.1, -0.05) is 0 Å². The van der Waals surface area contributed by atoms with Gasteiger partial charge in [0.25, 0.3) is 0 Å². The maximum absolute atomic E-state index is 14.9. The van der Waals surface area contributed by atoms with Gasteiger partial charge in [0.05, 0.1) is 19.4 Å². The van der Waals surface area contributed by atoms with Crippen LogP contribution in [0.4, 0.5) is 22.0 Å². The number of ketones is 1. The average Bonchev–Trinajstić information content (AvgIpc) is 3.14. The van der Waals surface area contributed by atoms with Crippen LogP contribution in [-0.2, 0) is 16.7 Å². The molecular formula is C21H18F5N3O2. The number of Topliss-reactive ketones (excluding diaryl/α,β-unsaturated/α-hetero) is 1. The summed E-state index contributed by atoms with van der Waals surface area (Å²) in [5, 5.41) is 0. The lowest BCUT2D eigenvalue weighted by Crippen LogP contribution is -2.53. The van der Waals surface area contributed by atoms with Gasteiger partial charge in [-0.05, 0) is 36.2 Å². The Kier molecular flexibility index (Phi) is 5.28. The number of ether oxygens (including phenoxy) is 1. The van der Waals surface area contributed by atoms with Crippen LogP contribution in [0, 0.1) is 23.4 Å². The molecule has 1 aromatic heterocycles. The molecule has 1 fully saturated rings. The van der Waals surface area contributed by atoms with Gasteiger partial charge in [0.15, 0.2) is 23.1 Å². The van der Waals surface area contributed by atoms with Crippen LogP contribution in [-0.4, -0.2) is 42.2 Å². The van der Waals surface area contributed by atoms with E-state index in [-0.39, 0.29) is 36.5 Å². The van der Waals surface area contributed by atoms with Crippen molar-refractivity contribution in [1.82, 2.24) is 4.98 Å². The third kappa shape index (κ3) is 3.58. The number of aliphatic imine (C=N–C) groups is 1. The summed E-state index contributed by atoms with van der Waals surface area (Å²) in [5.74, 6) is -5.05. The molecule has 1 saturated heterocycles. The molecule has 0 spiro atoms. The molecule has 2 aliphatic rings. The van der Waals surface area contributed by atoms with E-state index >= 15 is 0 Å². The molecule has 4 rings (SSSR count). The van der Waals surface area contributed by atoms with Gasteiger partial charge in [0.1, 0.15) is 29.6 Å². The fourth-order valence-electron chi connectivity index (χ4n) is 4.13. The second kappa shape index (κ2) is 7.67. The Morgan fingerprint density at radius 2 is 2.03 bits per heavy atom. The Balaban J connectivity index is 1.74. The Bertz CT molecular complexity index is 1060. The molecule has 0 saturated carbocycles. The van der Waals surface area contributed by atoms with Crippen molar-refractivity contribution in [3.63, 3.8) is 0 Å². The molecule has 5 nitrogen and oxygen atoms in total. The van der Waals surface area contributed by atoms with Gasteiger partial charge in [0.2, 0.25) is 0 Å². The topological polar surface area (TPSA) is 77.6 Å². The zero-order chi connectivity index (χ0) is 22.4. The molecule has 0 radical (unpaired) electrons. The van der Waals surface area contributed by atoms with E-state index in [1.54, 1.807) is 0 Å². The number of halogens is 5. The lowest BCUT2D eigenvalue weighted by Gasteiger charge is -2.40. The van der Waals surface area contributed by atoms with E-state index in [1.807, 2.05) is 0 Å².